The van der Waals surface area contributed by atoms with Gasteiger partial charge in [-0.05, 0) is 12.1 Å². The van der Waals surface area contributed by atoms with Gasteiger partial charge in [0.25, 0.3) is 0 Å². The zero-order valence-electron chi connectivity index (χ0n) is 11.1. The molecule has 0 saturated carbocycles. The molecule has 0 aliphatic carbocycles. The Hall–Kier alpha value is -2.67. The summed E-state index contributed by atoms with van der Waals surface area (Å²) in [4.78, 5) is 10.3. The van der Waals surface area contributed by atoms with Crippen molar-refractivity contribution in [2.75, 3.05) is 7.11 Å². The van der Waals surface area contributed by atoms with Crippen LogP contribution < -0.4 is 9.47 Å². The number of nitrogens with zero attached hydrogens (tertiary/aromatic N) is 1. The molecule has 0 radical (unpaired) electrons. The molecule has 0 atom stereocenters. The lowest BCUT2D eigenvalue weighted by Gasteiger charge is -2.11. The van der Waals surface area contributed by atoms with Gasteiger partial charge < -0.3 is 14.6 Å². The average molecular weight is 293 g/mol. The number of para-hydroxylation sites is 1. The van der Waals surface area contributed by atoms with E-state index in [1.165, 1.54) is 37.4 Å². The van der Waals surface area contributed by atoms with Gasteiger partial charge in [0.1, 0.15) is 5.75 Å². The highest BCUT2D eigenvalue weighted by molar-refractivity contribution is 5.53. The maximum Gasteiger partial charge on any atom is 0.311 e. The first-order valence-electron chi connectivity index (χ1n) is 5.95. The van der Waals surface area contributed by atoms with Crippen LogP contribution in [0.15, 0.2) is 36.4 Å². The molecular formula is C14H12FNO5. The van der Waals surface area contributed by atoms with Crippen molar-refractivity contribution in [3.05, 3.63) is 57.9 Å². The third kappa shape index (κ3) is 3.09. The topological polar surface area (TPSA) is 81.8 Å². The first-order chi connectivity index (χ1) is 10.1. The van der Waals surface area contributed by atoms with Crippen molar-refractivity contribution < 1.29 is 23.9 Å². The van der Waals surface area contributed by atoms with Crippen LogP contribution in [0, 0.1) is 15.9 Å². The van der Waals surface area contributed by atoms with Crippen LogP contribution in [0.1, 0.15) is 5.56 Å². The van der Waals surface area contributed by atoms with Gasteiger partial charge in [-0.2, -0.15) is 0 Å². The zero-order valence-corrected chi connectivity index (χ0v) is 11.1. The molecule has 0 amide bonds. The summed E-state index contributed by atoms with van der Waals surface area (Å²) < 4.78 is 24.1. The summed E-state index contributed by atoms with van der Waals surface area (Å²) in [7, 11) is 1.40. The van der Waals surface area contributed by atoms with E-state index in [1.807, 2.05) is 0 Å². The van der Waals surface area contributed by atoms with E-state index in [-0.39, 0.29) is 22.7 Å². The van der Waals surface area contributed by atoms with Crippen LogP contribution in [0.2, 0.25) is 0 Å². The number of aliphatic hydroxyl groups is 1. The van der Waals surface area contributed by atoms with E-state index >= 15 is 0 Å². The van der Waals surface area contributed by atoms with Gasteiger partial charge in [-0.15, -0.1) is 0 Å². The van der Waals surface area contributed by atoms with Crippen molar-refractivity contribution in [2.24, 2.45) is 0 Å². The maximum atomic E-state index is 13.8. The Labute approximate surface area is 119 Å². The van der Waals surface area contributed by atoms with E-state index in [1.54, 1.807) is 0 Å². The molecule has 0 unspecified atom stereocenters. The number of nitro groups is 1. The normalized spacial score (nSPS) is 10.2. The van der Waals surface area contributed by atoms with Gasteiger partial charge >= 0.3 is 5.69 Å². The van der Waals surface area contributed by atoms with E-state index in [2.05, 4.69) is 0 Å². The van der Waals surface area contributed by atoms with E-state index in [9.17, 15) is 19.6 Å². The molecule has 0 bridgehead atoms. The fraction of sp³-hybridized carbons (Fsp3) is 0.143. The minimum atomic E-state index is -0.723. The van der Waals surface area contributed by atoms with Crippen LogP contribution >= 0.6 is 0 Å². The van der Waals surface area contributed by atoms with Gasteiger partial charge in [0.15, 0.2) is 11.6 Å². The number of aliphatic hydroxyl groups excluding tert-OH is 1. The lowest BCUT2D eigenvalue weighted by molar-refractivity contribution is -0.385. The summed E-state index contributed by atoms with van der Waals surface area (Å²) in [6.07, 6.45) is 0. The monoisotopic (exact) mass is 293 g/mol. The predicted octanol–water partition coefficient (Wildman–Crippen LogP) is 3.03. The van der Waals surface area contributed by atoms with Crippen molar-refractivity contribution in [2.45, 2.75) is 6.61 Å². The second kappa shape index (κ2) is 6.19. The summed E-state index contributed by atoms with van der Waals surface area (Å²) in [5, 5.41) is 20.2. The molecule has 0 spiro atoms. The highest BCUT2D eigenvalue weighted by Crippen LogP contribution is 2.36. The summed E-state index contributed by atoms with van der Waals surface area (Å²) in [6, 6.07) is 7.90. The molecule has 0 aromatic heterocycles. The van der Waals surface area contributed by atoms with Crippen LogP contribution in [0.4, 0.5) is 10.1 Å². The smallest absolute Gasteiger partial charge is 0.311 e. The molecule has 7 heteroatoms. The van der Waals surface area contributed by atoms with E-state index in [0.29, 0.717) is 5.75 Å². The van der Waals surface area contributed by atoms with Gasteiger partial charge in [-0.25, -0.2) is 4.39 Å². The van der Waals surface area contributed by atoms with Crippen molar-refractivity contribution in [1.29, 1.82) is 0 Å². The molecule has 2 aromatic carbocycles. The lowest BCUT2D eigenvalue weighted by atomic mass is 10.2. The second-order valence-corrected chi connectivity index (χ2v) is 4.08. The van der Waals surface area contributed by atoms with Gasteiger partial charge in [-0.1, -0.05) is 12.1 Å². The zero-order chi connectivity index (χ0) is 15.4. The van der Waals surface area contributed by atoms with Gasteiger partial charge in [0, 0.05) is 17.7 Å². The van der Waals surface area contributed by atoms with Gasteiger partial charge in [0.2, 0.25) is 5.75 Å². The van der Waals surface area contributed by atoms with Crippen molar-refractivity contribution in [3.63, 3.8) is 0 Å². The van der Waals surface area contributed by atoms with E-state index in [0.717, 1.165) is 6.07 Å². The molecule has 2 rings (SSSR count). The molecule has 2 aromatic rings. The highest BCUT2D eigenvalue weighted by atomic mass is 19.1. The molecule has 1 N–H and O–H groups in total. The summed E-state index contributed by atoms with van der Waals surface area (Å²) >= 11 is 0. The van der Waals surface area contributed by atoms with Crippen LogP contribution in [-0.2, 0) is 6.61 Å². The summed E-state index contributed by atoms with van der Waals surface area (Å²) in [5.41, 5.74) is -0.143. The third-order valence-corrected chi connectivity index (χ3v) is 2.79. The molecule has 6 nitrogen and oxygen atoms in total. The number of methoxy groups -OCH3 is 1. The van der Waals surface area contributed by atoms with Crippen molar-refractivity contribution in [1.82, 2.24) is 0 Å². The summed E-state index contributed by atoms with van der Waals surface area (Å²) in [6.45, 7) is -0.454. The number of benzene rings is 2. The molecule has 21 heavy (non-hydrogen) atoms. The first kappa shape index (κ1) is 14.7. The van der Waals surface area contributed by atoms with Gasteiger partial charge in [-0.3, -0.25) is 10.1 Å². The van der Waals surface area contributed by atoms with Crippen molar-refractivity contribution >= 4 is 5.69 Å². The van der Waals surface area contributed by atoms with Crippen LogP contribution in [-0.4, -0.2) is 17.1 Å². The fourth-order valence-electron chi connectivity index (χ4n) is 1.76. The first-order valence-corrected chi connectivity index (χ1v) is 5.95. The Morgan fingerprint density at radius 2 is 2.10 bits per heavy atom. The largest absolute Gasteiger partial charge is 0.497 e. The molecule has 0 fully saturated rings. The van der Waals surface area contributed by atoms with Crippen LogP contribution in [0.5, 0.6) is 17.2 Å². The Bertz CT molecular complexity index is 674. The molecule has 0 aliphatic heterocycles. The number of ether oxygens (including phenoxy) is 2. The van der Waals surface area contributed by atoms with Crippen LogP contribution in [0.25, 0.3) is 0 Å². The van der Waals surface area contributed by atoms with Crippen molar-refractivity contribution in [3.8, 4) is 17.2 Å². The lowest BCUT2D eigenvalue weighted by Crippen LogP contribution is -1.98. The van der Waals surface area contributed by atoms with E-state index < -0.39 is 17.3 Å². The van der Waals surface area contributed by atoms with E-state index in [4.69, 9.17) is 9.47 Å². The number of rotatable bonds is 5. The third-order valence-electron chi connectivity index (χ3n) is 2.79. The number of halogens is 1. The average Bonchev–Trinajstić information content (AvgIpc) is 2.48. The quantitative estimate of drug-likeness (QED) is 0.677. The van der Waals surface area contributed by atoms with Crippen LogP contribution in [0.3, 0.4) is 0 Å². The molecular weight excluding hydrogens is 281 g/mol. The second-order valence-electron chi connectivity index (χ2n) is 4.08. The predicted molar refractivity (Wildman–Crippen MR) is 72.0 cm³/mol. The number of hydrogen-bond donors (Lipinski definition) is 1. The maximum absolute atomic E-state index is 13.8. The Balaban J connectivity index is 2.50. The van der Waals surface area contributed by atoms with Gasteiger partial charge in [0.05, 0.1) is 18.6 Å². The fourth-order valence-corrected chi connectivity index (χ4v) is 1.76. The SMILES string of the molecule is COc1ccc([N+](=O)[O-])c(Oc2c(F)cccc2CO)c1. The number of nitro benzene ring substituents is 1. The highest BCUT2D eigenvalue weighted by Gasteiger charge is 2.19. The number of hydrogen-bond acceptors (Lipinski definition) is 5. The Morgan fingerprint density at radius 1 is 1.33 bits per heavy atom. The molecule has 0 heterocycles. The minimum absolute atomic E-state index is 0.167. The summed E-state index contributed by atoms with van der Waals surface area (Å²) in [5.74, 6) is -0.813. The molecule has 110 valence electrons. The molecule has 0 saturated heterocycles. The molecule has 0 aliphatic rings. The minimum Gasteiger partial charge on any atom is -0.497 e. The standard InChI is InChI=1S/C14H12FNO5/c1-20-10-5-6-12(16(18)19)13(7-10)21-14-9(8-17)3-2-4-11(14)15/h2-7,17H,8H2,1H3. The Kier molecular flexibility index (Phi) is 4.34. The Morgan fingerprint density at radius 3 is 2.71 bits per heavy atom.